The molecule has 0 amide bonds. The zero-order chi connectivity index (χ0) is 16.9. The van der Waals surface area contributed by atoms with Crippen molar-refractivity contribution in [3.63, 3.8) is 0 Å². The van der Waals surface area contributed by atoms with Crippen molar-refractivity contribution in [1.29, 1.82) is 0 Å². The Bertz CT molecular complexity index is 605. The van der Waals surface area contributed by atoms with Crippen LogP contribution in [-0.2, 0) is 14.0 Å². The Balaban J connectivity index is 1.63. The fourth-order valence-corrected chi connectivity index (χ4v) is 3.51. The van der Waals surface area contributed by atoms with Crippen LogP contribution in [0.2, 0.25) is 0 Å². The van der Waals surface area contributed by atoms with Gasteiger partial charge in [-0.25, -0.2) is 0 Å². The molecule has 2 aliphatic heterocycles. The van der Waals surface area contributed by atoms with Crippen LogP contribution in [0, 0.1) is 0 Å². The predicted octanol–water partition coefficient (Wildman–Crippen LogP) is 2.70. The molecule has 1 saturated carbocycles. The summed E-state index contributed by atoms with van der Waals surface area (Å²) in [5, 5.41) is 0. The minimum atomic E-state index is -0.291. The summed E-state index contributed by atoms with van der Waals surface area (Å²) in [5.74, 6) is 0.699. The number of morpholine rings is 1. The first kappa shape index (κ1) is 16.4. The number of hydrogen-bond acceptors (Lipinski definition) is 4. The molecule has 1 aliphatic carbocycles. The fraction of sp³-hybridized carbons (Fsp3) is 0.684. The Labute approximate surface area is 145 Å². The van der Waals surface area contributed by atoms with E-state index in [1.165, 1.54) is 24.1 Å². The van der Waals surface area contributed by atoms with Gasteiger partial charge in [0.2, 0.25) is 0 Å². The summed E-state index contributed by atoms with van der Waals surface area (Å²) in [4.78, 5) is 2.46. The van der Waals surface area contributed by atoms with E-state index in [0.717, 1.165) is 31.8 Å². The molecule has 3 fully saturated rings. The standard InChI is InChI=1S/C19H28BNO3/c1-18(2)19(3,4)24-20(23-18)15-7-8-17(16(13-15)14-5-6-14)21-9-11-22-12-10-21/h7-8,13-14H,5-6,9-12H2,1-4H3. The Morgan fingerprint density at radius 1 is 1.00 bits per heavy atom. The Kier molecular flexibility index (Phi) is 3.94. The summed E-state index contributed by atoms with van der Waals surface area (Å²) < 4.78 is 18.0. The van der Waals surface area contributed by atoms with Crippen molar-refractivity contribution >= 4 is 18.3 Å². The minimum Gasteiger partial charge on any atom is -0.399 e. The molecule has 0 unspecified atom stereocenters. The van der Waals surface area contributed by atoms with Crippen LogP contribution in [0.25, 0.3) is 0 Å². The highest BCUT2D eigenvalue weighted by Gasteiger charge is 2.51. The van der Waals surface area contributed by atoms with E-state index in [4.69, 9.17) is 14.0 Å². The van der Waals surface area contributed by atoms with Crippen molar-refractivity contribution < 1.29 is 14.0 Å². The van der Waals surface area contributed by atoms with Gasteiger partial charge in [0.15, 0.2) is 0 Å². The van der Waals surface area contributed by atoms with E-state index < -0.39 is 0 Å². The molecule has 1 aromatic rings. The molecular weight excluding hydrogens is 301 g/mol. The molecule has 24 heavy (non-hydrogen) atoms. The van der Waals surface area contributed by atoms with Crippen LogP contribution < -0.4 is 10.4 Å². The van der Waals surface area contributed by atoms with Gasteiger partial charge in [-0.15, -0.1) is 0 Å². The maximum atomic E-state index is 6.23. The summed E-state index contributed by atoms with van der Waals surface area (Å²) in [7, 11) is -0.272. The zero-order valence-corrected chi connectivity index (χ0v) is 15.3. The quantitative estimate of drug-likeness (QED) is 0.798. The summed E-state index contributed by atoms with van der Waals surface area (Å²) in [6.07, 6.45) is 2.59. The maximum Gasteiger partial charge on any atom is 0.494 e. The minimum absolute atomic E-state index is 0.272. The Hall–Kier alpha value is -1.04. The van der Waals surface area contributed by atoms with Gasteiger partial charge in [-0.2, -0.15) is 0 Å². The lowest BCUT2D eigenvalue weighted by atomic mass is 9.77. The molecule has 0 radical (unpaired) electrons. The van der Waals surface area contributed by atoms with E-state index in [-0.39, 0.29) is 18.3 Å². The van der Waals surface area contributed by atoms with Gasteiger partial charge in [-0.05, 0) is 63.5 Å². The van der Waals surface area contributed by atoms with Gasteiger partial charge in [-0.1, -0.05) is 12.1 Å². The molecule has 0 N–H and O–H groups in total. The highest BCUT2D eigenvalue weighted by atomic mass is 16.7. The van der Waals surface area contributed by atoms with Gasteiger partial charge in [-0.3, -0.25) is 0 Å². The van der Waals surface area contributed by atoms with Crippen molar-refractivity contribution in [3.8, 4) is 0 Å². The lowest BCUT2D eigenvalue weighted by molar-refractivity contribution is 0.00578. The average molecular weight is 329 g/mol. The molecule has 130 valence electrons. The van der Waals surface area contributed by atoms with Gasteiger partial charge in [0.25, 0.3) is 0 Å². The third-order valence-electron chi connectivity index (χ3n) is 5.95. The molecule has 2 saturated heterocycles. The van der Waals surface area contributed by atoms with Crippen molar-refractivity contribution in [2.24, 2.45) is 0 Å². The number of ether oxygens (including phenoxy) is 1. The lowest BCUT2D eigenvalue weighted by Crippen LogP contribution is -2.41. The molecule has 4 nitrogen and oxygen atoms in total. The fourth-order valence-electron chi connectivity index (χ4n) is 3.51. The largest absolute Gasteiger partial charge is 0.494 e. The van der Waals surface area contributed by atoms with Crippen molar-refractivity contribution in [1.82, 2.24) is 0 Å². The third kappa shape index (κ3) is 2.87. The molecule has 1 aromatic carbocycles. The Morgan fingerprint density at radius 2 is 1.62 bits per heavy atom. The molecule has 0 bridgehead atoms. The molecule has 4 rings (SSSR count). The molecule has 0 spiro atoms. The molecular formula is C19H28BNO3. The highest BCUT2D eigenvalue weighted by molar-refractivity contribution is 6.62. The van der Waals surface area contributed by atoms with E-state index in [1.54, 1.807) is 0 Å². The molecule has 2 heterocycles. The van der Waals surface area contributed by atoms with E-state index in [2.05, 4.69) is 50.8 Å². The van der Waals surface area contributed by atoms with Crippen LogP contribution in [0.5, 0.6) is 0 Å². The summed E-state index contributed by atoms with van der Waals surface area (Å²) in [6, 6.07) is 6.77. The normalized spacial score (nSPS) is 26.0. The first-order valence-electron chi connectivity index (χ1n) is 9.19. The highest BCUT2D eigenvalue weighted by Crippen LogP contribution is 2.44. The zero-order valence-electron chi connectivity index (χ0n) is 15.3. The van der Waals surface area contributed by atoms with Crippen LogP contribution >= 0.6 is 0 Å². The smallest absolute Gasteiger partial charge is 0.399 e. The van der Waals surface area contributed by atoms with Crippen LogP contribution in [0.15, 0.2) is 18.2 Å². The SMILES string of the molecule is CC1(C)OB(c2ccc(N3CCOCC3)c(C3CC3)c2)OC1(C)C. The first-order chi connectivity index (χ1) is 11.4. The van der Waals surface area contributed by atoms with Crippen LogP contribution in [0.1, 0.15) is 52.0 Å². The number of hydrogen-bond donors (Lipinski definition) is 0. The van der Waals surface area contributed by atoms with E-state index in [1.807, 2.05) is 0 Å². The second-order valence-electron chi connectivity index (χ2n) is 8.28. The van der Waals surface area contributed by atoms with Crippen molar-refractivity contribution in [3.05, 3.63) is 23.8 Å². The average Bonchev–Trinajstić information content (AvgIpc) is 3.35. The summed E-state index contributed by atoms with van der Waals surface area (Å²) >= 11 is 0. The lowest BCUT2D eigenvalue weighted by Gasteiger charge is -2.32. The van der Waals surface area contributed by atoms with Gasteiger partial charge >= 0.3 is 7.12 Å². The molecule has 0 atom stereocenters. The van der Waals surface area contributed by atoms with Crippen LogP contribution in [0.3, 0.4) is 0 Å². The van der Waals surface area contributed by atoms with Crippen molar-refractivity contribution in [2.75, 3.05) is 31.2 Å². The van der Waals surface area contributed by atoms with Gasteiger partial charge < -0.3 is 18.9 Å². The first-order valence-corrected chi connectivity index (χ1v) is 9.19. The van der Waals surface area contributed by atoms with Gasteiger partial charge in [0, 0.05) is 18.8 Å². The number of anilines is 1. The number of benzene rings is 1. The second kappa shape index (κ2) is 5.75. The van der Waals surface area contributed by atoms with Crippen LogP contribution in [-0.4, -0.2) is 44.6 Å². The van der Waals surface area contributed by atoms with Gasteiger partial charge in [0.05, 0.1) is 24.4 Å². The van der Waals surface area contributed by atoms with Gasteiger partial charge in [0.1, 0.15) is 0 Å². The van der Waals surface area contributed by atoms with E-state index >= 15 is 0 Å². The second-order valence-corrected chi connectivity index (χ2v) is 8.28. The van der Waals surface area contributed by atoms with Crippen molar-refractivity contribution in [2.45, 2.75) is 57.7 Å². The molecule has 5 heteroatoms. The van der Waals surface area contributed by atoms with Crippen LogP contribution in [0.4, 0.5) is 5.69 Å². The topological polar surface area (TPSA) is 30.9 Å². The summed E-state index contributed by atoms with van der Waals surface area (Å²) in [6.45, 7) is 12.0. The van der Waals surface area contributed by atoms with E-state index in [0.29, 0.717) is 5.92 Å². The predicted molar refractivity (Wildman–Crippen MR) is 97.2 cm³/mol. The number of rotatable bonds is 3. The number of nitrogens with zero attached hydrogens (tertiary/aromatic N) is 1. The monoisotopic (exact) mass is 329 g/mol. The molecule has 3 aliphatic rings. The molecule has 0 aromatic heterocycles. The Morgan fingerprint density at radius 3 is 2.21 bits per heavy atom. The summed E-state index contributed by atoms with van der Waals surface area (Å²) in [5.41, 5.74) is 3.40. The van der Waals surface area contributed by atoms with E-state index in [9.17, 15) is 0 Å². The third-order valence-corrected chi connectivity index (χ3v) is 5.95. The maximum absolute atomic E-state index is 6.23.